The van der Waals surface area contributed by atoms with Crippen molar-refractivity contribution in [2.24, 2.45) is 0 Å². The highest BCUT2D eigenvalue weighted by Crippen LogP contribution is 2.34. The lowest BCUT2D eigenvalue weighted by Gasteiger charge is -2.27. The van der Waals surface area contributed by atoms with E-state index in [4.69, 9.17) is 0 Å². The average molecular weight is 359 g/mol. The Labute approximate surface area is 150 Å². The molecular formula is C18H22N4S2. The number of fused-ring (bicyclic) bond motifs is 1. The zero-order valence-corrected chi connectivity index (χ0v) is 15.7. The van der Waals surface area contributed by atoms with Gasteiger partial charge in [-0.3, -0.25) is 4.90 Å². The van der Waals surface area contributed by atoms with Crippen LogP contribution in [-0.2, 0) is 0 Å². The first-order chi connectivity index (χ1) is 11.7. The maximum absolute atomic E-state index is 4.53. The Morgan fingerprint density at radius 3 is 2.83 bits per heavy atom. The lowest BCUT2D eigenvalue weighted by Crippen LogP contribution is -2.30. The third-order valence-corrected chi connectivity index (χ3v) is 6.97. The van der Waals surface area contributed by atoms with E-state index in [1.807, 2.05) is 11.3 Å². The molecule has 0 aromatic carbocycles. The number of hydrogen-bond acceptors (Lipinski definition) is 6. The fourth-order valence-electron chi connectivity index (χ4n) is 3.45. The van der Waals surface area contributed by atoms with Crippen LogP contribution in [0.15, 0.2) is 23.8 Å². The Morgan fingerprint density at radius 1 is 1.25 bits per heavy atom. The molecule has 4 nitrogen and oxygen atoms in total. The van der Waals surface area contributed by atoms with Crippen molar-refractivity contribution in [2.75, 3.05) is 25.0 Å². The van der Waals surface area contributed by atoms with Crippen molar-refractivity contribution < 1.29 is 0 Å². The van der Waals surface area contributed by atoms with Crippen molar-refractivity contribution >= 4 is 38.7 Å². The molecule has 1 aliphatic rings. The normalized spacial score (nSPS) is 16.8. The third kappa shape index (κ3) is 2.94. The second-order valence-electron chi connectivity index (χ2n) is 6.34. The fraction of sp³-hybridized carbons (Fsp3) is 0.444. The highest BCUT2D eigenvalue weighted by atomic mass is 32.1. The Hall–Kier alpha value is -1.50. The monoisotopic (exact) mass is 358 g/mol. The zero-order chi connectivity index (χ0) is 16.5. The first-order valence-electron chi connectivity index (χ1n) is 8.46. The van der Waals surface area contributed by atoms with Gasteiger partial charge in [0.05, 0.1) is 11.4 Å². The Morgan fingerprint density at radius 2 is 2.08 bits per heavy atom. The SMILES string of the molecule is Cc1sc2ncnc(NCC(c3cccs3)N3CCCC3)c2c1C. The molecule has 3 aromatic rings. The first-order valence-corrected chi connectivity index (χ1v) is 10.2. The number of hydrogen-bond donors (Lipinski definition) is 1. The van der Waals surface area contributed by atoms with Crippen LogP contribution in [0.1, 0.15) is 34.2 Å². The minimum Gasteiger partial charge on any atom is -0.367 e. The number of rotatable bonds is 5. The Bertz CT molecular complexity index is 819. The fourth-order valence-corrected chi connectivity index (χ4v) is 5.31. The summed E-state index contributed by atoms with van der Waals surface area (Å²) in [6.45, 7) is 7.60. The number of nitrogens with one attached hydrogen (secondary N) is 1. The van der Waals surface area contributed by atoms with Gasteiger partial charge < -0.3 is 5.32 Å². The van der Waals surface area contributed by atoms with Crippen LogP contribution in [0, 0.1) is 13.8 Å². The van der Waals surface area contributed by atoms with E-state index in [1.165, 1.54) is 46.6 Å². The molecular weight excluding hydrogens is 336 g/mol. The van der Waals surface area contributed by atoms with Crippen LogP contribution in [0.5, 0.6) is 0 Å². The van der Waals surface area contributed by atoms with Gasteiger partial charge in [-0.1, -0.05) is 6.07 Å². The Balaban J connectivity index is 1.60. The van der Waals surface area contributed by atoms with Gasteiger partial charge in [-0.15, -0.1) is 22.7 Å². The van der Waals surface area contributed by atoms with Crippen LogP contribution >= 0.6 is 22.7 Å². The first kappa shape index (κ1) is 16.0. The molecule has 0 saturated carbocycles. The van der Waals surface area contributed by atoms with Gasteiger partial charge in [-0.25, -0.2) is 9.97 Å². The summed E-state index contributed by atoms with van der Waals surface area (Å²) in [6.07, 6.45) is 4.29. The van der Waals surface area contributed by atoms with Gasteiger partial charge in [-0.2, -0.15) is 0 Å². The predicted molar refractivity (Wildman–Crippen MR) is 103 cm³/mol. The zero-order valence-electron chi connectivity index (χ0n) is 14.1. The van der Waals surface area contributed by atoms with E-state index in [9.17, 15) is 0 Å². The summed E-state index contributed by atoms with van der Waals surface area (Å²) in [5.41, 5.74) is 1.30. The molecule has 1 N–H and O–H groups in total. The average Bonchev–Trinajstić information content (AvgIpc) is 3.32. The van der Waals surface area contributed by atoms with Gasteiger partial charge >= 0.3 is 0 Å². The molecule has 0 amide bonds. The predicted octanol–water partition coefficient (Wildman–Crippen LogP) is 4.62. The van der Waals surface area contributed by atoms with E-state index in [2.05, 4.69) is 51.5 Å². The van der Waals surface area contributed by atoms with E-state index in [1.54, 1.807) is 17.7 Å². The smallest absolute Gasteiger partial charge is 0.138 e. The molecule has 1 atom stereocenters. The molecule has 0 radical (unpaired) electrons. The van der Waals surface area contributed by atoms with E-state index in [0.717, 1.165) is 17.2 Å². The molecule has 4 heterocycles. The maximum atomic E-state index is 4.53. The highest BCUT2D eigenvalue weighted by Gasteiger charge is 2.24. The molecule has 3 aromatic heterocycles. The van der Waals surface area contributed by atoms with Crippen molar-refractivity contribution in [3.8, 4) is 0 Å². The van der Waals surface area contributed by atoms with Crippen molar-refractivity contribution in [2.45, 2.75) is 32.7 Å². The van der Waals surface area contributed by atoms with Gasteiger partial charge in [0, 0.05) is 16.3 Å². The molecule has 0 aliphatic carbocycles. The summed E-state index contributed by atoms with van der Waals surface area (Å²) in [7, 11) is 0. The van der Waals surface area contributed by atoms with Crippen molar-refractivity contribution in [3.63, 3.8) is 0 Å². The second-order valence-corrected chi connectivity index (χ2v) is 8.52. The van der Waals surface area contributed by atoms with Gasteiger partial charge in [0.2, 0.25) is 0 Å². The lowest BCUT2D eigenvalue weighted by molar-refractivity contribution is 0.259. The largest absolute Gasteiger partial charge is 0.367 e. The van der Waals surface area contributed by atoms with Crippen LogP contribution in [0.2, 0.25) is 0 Å². The van der Waals surface area contributed by atoms with Crippen molar-refractivity contribution in [1.82, 2.24) is 14.9 Å². The number of thiophene rings is 2. The number of aryl methyl sites for hydroxylation is 2. The van der Waals surface area contributed by atoms with E-state index >= 15 is 0 Å². The molecule has 0 bridgehead atoms. The summed E-state index contributed by atoms with van der Waals surface area (Å²) < 4.78 is 0. The summed E-state index contributed by atoms with van der Waals surface area (Å²) in [5.74, 6) is 0.975. The molecule has 1 saturated heterocycles. The third-order valence-electron chi connectivity index (χ3n) is 4.88. The van der Waals surface area contributed by atoms with Crippen LogP contribution in [0.25, 0.3) is 10.2 Å². The van der Waals surface area contributed by atoms with Gasteiger partial charge in [0.15, 0.2) is 0 Å². The highest BCUT2D eigenvalue weighted by molar-refractivity contribution is 7.18. The van der Waals surface area contributed by atoms with Crippen LogP contribution < -0.4 is 5.32 Å². The summed E-state index contributed by atoms with van der Waals surface area (Å²) in [4.78, 5) is 15.4. The van der Waals surface area contributed by atoms with Gasteiger partial charge in [0.25, 0.3) is 0 Å². The second kappa shape index (κ2) is 6.78. The molecule has 4 rings (SSSR count). The molecule has 0 spiro atoms. The molecule has 126 valence electrons. The number of likely N-dealkylation sites (tertiary alicyclic amines) is 1. The molecule has 24 heavy (non-hydrogen) atoms. The minimum absolute atomic E-state index is 0.428. The minimum atomic E-state index is 0.428. The number of anilines is 1. The van der Waals surface area contributed by atoms with Crippen molar-refractivity contribution in [3.05, 3.63) is 39.2 Å². The van der Waals surface area contributed by atoms with Crippen LogP contribution in [0.4, 0.5) is 5.82 Å². The quantitative estimate of drug-likeness (QED) is 0.722. The van der Waals surface area contributed by atoms with E-state index < -0.39 is 0 Å². The number of aromatic nitrogens is 2. The van der Waals surface area contributed by atoms with Crippen LogP contribution in [0.3, 0.4) is 0 Å². The number of nitrogens with zero attached hydrogens (tertiary/aromatic N) is 3. The van der Waals surface area contributed by atoms with E-state index in [-0.39, 0.29) is 0 Å². The topological polar surface area (TPSA) is 41.1 Å². The summed E-state index contributed by atoms with van der Waals surface area (Å²) in [5, 5.41) is 6.99. The standard InChI is InChI=1S/C18H22N4S2/c1-12-13(2)24-18-16(12)17(20-11-21-18)19-10-14(15-6-5-9-23-15)22-7-3-4-8-22/h5-6,9,11,14H,3-4,7-8,10H2,1-2H3,(H,19,20,21). The van der Waals surface area contributed by atoms with Crippen molar-refractivity contribution in [1.29, 1.82) is 0 Å². The Kier molecular flexibility index (Phi) is 4.52. The molecule has 6 heteroatoms. The maximum Gasteiger partial charge on any atom is 0.138 e. The molecule has 1 aliphatic heterocycles. The molecule has 1 unspecified atom stereocenters. The summed E-state index contributed by atoms with van der Waals surface area (Å²) in [6, 6.07) is 4.83. The van der Waals surface area contributed by atoms with E-state index in [0.29, 0.717) is 6.04 Å². The van der Waals surface area contributed by atoms with Crippen LogP contribution in [-0.4, -0.2) is 34.5 Å². The van der Waals surface area contributed by atoms with Gasteiger partial charge in [0.1, 0.15) is 17.0 Å². The summed E-state index contributed by atoms with van der Waals surface area (Å²) >= 11 is 3.60. The molecule has 1 fully saturated rings. The van der Waals surface area contributed by atoms with Gasteiger partial charge in [-0.05, 0) is 56.8 Å². The lowest BCUT2D eigenvalue weighted by atomic mass is 10.2.